The fourth-order valence-corrected chi connectivity index (χ4v) is 5.73. The van der Waals surface area contributed by atoms with E-state index in [1.165, 1.54) is 44.6 Å². The Morgan fingerprint density at radius 1 is 1.03 bits per heavy atom. The van der Waals surface area contributed by atoms with Crippen molar-refractivity contribution in [3.05, 3.63) is 72.0 Å². The van der Waals surface area contributed by atoms with E-state index in [0.717, 1.165) is 34.1 Å². The van der Waals surface area contributed by atoms with E-state index in [2.05, 4.69) is 5.32 Å². The molecule has 1 aliphatic heterocycles. The first-order valence-electron chi connectivity index (χ1n) is 11.8. The normalized spacial score (nSPS) is 13.4. The zero-order valence-electron chi connectivity index (χ0n) is 21.2. The maximum absolute atomic E-state index is 13.7. The topological polar surface area (TPSA) is 105 Å². The number of rotatable bonds is 9. The third-order valence-corrected chi connectivity index (χ3v) is 7.96. The first-order valence-corrected chi connectivity index (χ1v) is 13.3. The molecule has 0 unspecified atom stereocenters. The maximum Gasteiger partial charge on any atom is 0.264 e. The van der Waals surface area contributed by atoms with Crippen LogP contribution in [0.25, 0.3) is 0 Å². The van der Waals surface area contributed by atoms with Crippen molar-refractivity contribution in [3.8, 4) is 11.5 Å². The summed E-state index contributed by atoms with van der Waals surface area (Å²) in [6.07, 6.45) is 1.30. The molecular formula is C27H28FN3O6S. The van der Waals surface area contributed by atoms with Gasteiger partial charge in [-0.05, 0) is 73.5 Å². The Labute approximate surface area is 220 Å². The Morgan fingerprint density at radius 2 is 1.74 bits per heavy atom. The van der Waals surface area contributed by atoms with E-state index in [1.54, 1.807) is 23.1 Å². The van der Waals surface area contributed by atoms with E-state index < -0.39 is 28.3 Å². The molecule has 2 amide bonds. The smallest absolute Gasteiger partial charge is 0.264 e. The first-order chi connectivity index (χ1) is 18.1. The number of carbonyl (C=O) groups is 2. The standard InChI is InChI=1S/C27H28FN3O6S/c1-18-15-20(8-12-23(18)30-14-4-5-27(30)33)29-26(32)17-31(21-9-6-19(28)7-10-21)38(34,35)22-11-13-24(36-2)25(16-22)37-3/h6-13,15-16H,4-5,14,17H2,1-3H3,(H,29,32). The molecule has 3 aromatic carbocycles. The van der Waals surface area contributed by atoms with Gasteiger partial charge < -0.3 is 19.7 Å². The van der Waals surface area contributed by atoms with Crippen LogP contribution in [0.1, 0.15) is 18.4 Å². The van der Waals surface area contributed by atoms with Crippen LogP contribution in [0.4, 0.5) is 21.5 Å². The number of aryl methyl sites for hydroxylation is 1. The lowest BCUT2D eigenvalue weighted by molar-refractivity contribution is -0.117. The molecule has 0 spiro atoms. The highest BCUT2D eigenvalue weighted by Gasteiger charge is 2.29. The summed E-state index contributed by atoms with van der Waals surface area (Å²) >= 11 is 0. The van der Waals surface area contributed by atoms with Crippen LogP contribution in [-0.4, -0.2) is 47.5 Å². The van der Waals surface area contributed by atoms with Crippen LogP contribution in [0.3, 0.4) is 0 Å². The van der Waals surface area contributed by atoms with Crippen LogP contribution in [-0.2, 0) is 19.6 Å². The number of nitrogens with one attached hydrogen (secondary N) is 1. The van der Waals surface area contributed by atoms with Crippen LogP contribution in [0, 0.1) is 12.7 Å². The summed E-state index contributed by atoms with van der Waals surface area (Å²) in [6, 6.07) is 14.0. The second-order valence-electron chi connectivity index (χ2n) is 8.70. The molecule has 200 valence electrons. The van der Waals surface area contributed by atoms with Crippen molar-refractivity contribution in [1.29, 1.82) is 0 Å². The highest BCUT2D eigenvalue weighted by molar-refractivity contribution is 7.92. The van der Waals surface area contributed by atoms with Gasteiger partial charge in [0.2, 0.25) is 11.8 Å². The molecule has 0 radical (unpaired) electrons. The van der Waals surface area contributed by atoms with Crippen molar-refractivity contribution >= 4 is 38.9 Å². The fraction of sp³-hybridized carbons (Fsp3) is 0.259. The predicted molar refractivity (Wildman–Crippen MR) is 142 cm³/mol. The number of methoxy groups -OCH3 is 2. The van der Waals surface area contributed by atoms with Gasteiger partial charge in [-0.25, -0.2) is 12.8 Å². The van der Waals surface area contributed by atoms with Crippen LogP contribution < -0.4 is 24.0 Å². The number of halogens is 1. The first kappa shape index (κ1) is 26.9. The molecule has 9 nitrogen and oxygen atoms in total. The number of amides is 2. The second-order valence-corrected chi connectivity index (χ2v) is 10.6. The summed E-state index contributed by atoms with van der Waals surface area (Å²) in [6.45, 7) is 1.91. The highest BCUT2D eigenvalue weighted by Crippen LogP contribution is 2.32. The zero-order chi connectivity index (χ0) is 27.4. The maximum atomic E-state index is 13.7. The third kappa shape index (κ3) is 5.57. The lowest BCUT2D eigenvalue weighted by Crippen LogP contribution is -2.38. The predicted octanol–water partition coefficient (Wildman–Crippen LogP) is 4.11. The molecule has 1 N–H and O–H groups in total. The number of anilines is 3. The molecular weight excluding hydrogens is 513 g/mol. The van der Waals surface area contributed by atoms with E-state index in [4.69, 9.17) is 9.47 Å². The number of sulfonamides is 1. The summed E-state index contributed by atoms with van der Waals surface area (Å²) in [5.41, 5.74) is 2.13. The van der Waals surface area contributed by atoms with E-state index in [0.29, 0.717) is 24.4 Å². The summed E-state index contributed by atoms with van der Waals surface area (Å²) in [7, 11) is -1.46. The number of carbonyl (C=O) groups excluding carboxylic acids is 2. The van der Waals surface area contributed by atoms with Gasteiger partial charge in [0.05, 0.1) is 24.8 Å². The number of ether oxygens (including phenoxy) is 2. The molecule has 0 aromatic heterocycles. The van der Waals surface area contributed by atoms with Crippen molar-refractivity contribution < 1.29 is 31.9 Å². The summed E-state index contributed by atoms with van der Waals surface area (Å²) in [5.74, 6) is -0.562. The molecule has 3 aromatic rings. The molecule has 0 aliphatic carbocycles. The van der Waals surface area contributed by atoms with Crippen molar-refractivity contribution in [2.75, 3.05) is 41.8 Å². The van der Waals surface area contributed by atoms with Gasteiger partial charge in [-0.15, -0.1) is 0 Å². The van der Waals surface area contributed by atoms with E-state index >= 15 is 0 Å². The Morgan fingerprint density at radius 3 is 2.34 bits per heavy atom. The fourth-order valence-electron chi connectivity index (χ4n) is 4.30. The average Bonchev–Trinajstić information content (AvgIpc) is 3.32. The minimum atomic E-state index is -4.27. The van der Waals surface area contributed by atoms with Gasteiger partial charge in [0.25, 0.3) is 10.0 Å². The van der Waals surface area contributed by atoms with Crippen molar-refractivity contribution in [2.45, 2.75) is 24.7 Å². The Bertz CT molecular complexity index is 1460. The quantitative estimate of drug-likeness (QED) is 0.437. The molecule has 0 bridgehead atoms. The monoisotopic (exact) mass is 541 g/mol. The van der Waals surface area contributed by atoms with Crippen LogP contribution in [0.2, 0.25) is 0 Å². The van der Waals surface area contributed by atoms with E-state index in [-0.39, 0.29) is 22.2 Å². The van der Waals surface area contributed by atoms with Gasteiger partial charge in [-0.1, -0.05) is 0 Å². The number of hydrogen-bond donors (Lipinski definition) is 1. The lowest BCUT2D eigenvalue weighted by atomic mass is 10.1. The lowest BCUT2D eigenvalue weighted by Gasteiger charge is -2.25. The number of hydrogen-bond acceptors (Lipinski definition) is 6. The molecule has 4 rings (SSSR count). The van der Waals surface area contributed by atoms with Crippen LogP contribution >= 0.6 is 0 Å². The van der Waals surface area contributed by atoms with Gasteiger partial charge in [-0.3, -0.25) is 13.9 Å². The molecule has 38 heavy (non-hydrogen) atoms. The average molecular weight is 542 g/mol. The second kappa shape index (κ2) is 11.1. The SMILES string of the molecule is COc1ccc(S(=O)(=O)N(CC(=O)Nc2ccc(N3CCCC3=O)c(C)c2)c2ccc(F)cc2)cc1OC. The number of benzene rings is 3. The van der Waals surface area contributed by atoms with Crippen molar-refractivity contribution in [3.63, 3.8) is 0 Å². The minimum absolute atomic E-state index is 0.0557. The van der Waals surface area contributed by atoms with Crippen LogP contribution in [0.5, 0.6) is 11.5 Å². The molecule has 1 aliphatic rings. The summed E-state index contributed by atoms with van der Waals surface area (Å²) in [4.78, 5) is 26.8. The number of nitrogens with zero attached hydrogens (tertiary/aromatic N) is 2. The zero-order valence-corrected chi connectivity index (χ0v) is 22.0. The molecule has 1 saturated heterocycles. The molecule has 11 heteroatoms. The van der Waals surface area contributed by atoms with Gasteiger partial charge in [0.15, 0.2) is 11.5 Å². The largest absolute Gasteiger partial charge is 0.493 e. The van der Waals surface area contributed by atoms with Gasteiger partial charge in [0, 0.05) is 30.4 Å². The Balaban J connectivity index is 1.61. The highest BCUT2D eigenvalue weighted by atomic mass is 32.2. The van der Waals surface area contributed by atoms with Crippen molar-refractivity contribution in [2.24, 2.45) is 0 Å². The third-order valence-electron chi connectivity index (χ3n) is 6.19. The van der Waals surface area contributed by atoms with Crippen molar-refractivity contribution in [1.82, 2.24) is 0 Å². The van der Waals surface area contributed by atoms with Gasteiger partial charge >= 0.3 is 0 Å². The molecule has 0 saturated carbocycles. The Kier molecular flexibility index (Phi) is 7.86. The van der Waals surface area contributed by atoms with E-state index in [1.807, 2.05) is 6.92 Å². The molecule has 0 atom stereocenters. The van der Waals surface area contributed by atoms with Gasteiger partial charge in [0.1, 0.15) is 12.4 Å². The molecule has 1 heterocycles. The van der Waals surface area contributed by atoms with Gasteiger partial charge in [-0.2, -0.15) is 0 Å². The summed E-state index contributed by atoms with van der Waals surface area (Å²) < 4.78 is 52.3. The minimum Gasteiger partial charge on any atom is -0.493 e. The Hall–Kier alpha value is -4.12. The van der Waals surface area contributed by atoms with Crippen LogP contribution in [0.15, 0.2) is 65.6 Å². The summed E-state index contributed by atoms with van der Waals surface area (Å²) in [5, 5.41) is 2.72. The molecule has 1 fully saturated rings. The van der Waals surface area contributed by atoms with E-state index in [9.17, 15) is 22.4 Å².